The minimum absolute atomic E-state index is 0. The minimum atomic E-state index is -0.270. The van der Waals surface area contributed by atoms with Gasteiger partial charge in [-0.25, -0.2) is 0 Å². The van der Waals surface area contributed by atoms with Crippen LogP contribution in [0.5, 0.6) is 0 Å². The first-order valence-electron chi connectivity index (χ1n) is 0.707. The van der Waals surface area contributed by atoms with E-state index in [-0.39, 0.29) is 45.0 Å². The van der Waals surface area contributed by atoms with E-state index >= 15 is 0 Å². The van der Waals surface area contributed by atoms with Gasteiger partial charge in [-0.15, -0.1) is 0 Å². The van der Waals surface area contributed by atoms with E-state index in [4.69, 9.17) is 0 Å². The monoisotopic (exact) mass is 218 g/mol. The van der Waals surface area contributed by atoms with Gasteiger partial charge in [0.15, 0.2) is 0 Å². The summed E-state index contributed by atoms with van der Waals surface area (Å²) in [6, 6.07) is 0. The zero-order valence-corrected chi connectivity index (χ0v) is 7.04. The van der Waals surface area contributed by atoms with Crippen LogP contribution in [0, 0.1) is 0 Å². The Morgan fingerprint density at radius 1 is 1.00 bits per heavy atom. The Kier molecular flexibility index (Phi) is 63.8. The van der Waals surface area contributed by atoms with Gasteiger partial charge in [0.25, 0.3) is 0 Å². The van der Waals surface area contributed by atoms with Gasteiger partial charge in [-0.05, 0) is 0 Å². The van der Waals surface area contributed by atoms with Crippen LogP contribution < -0.4 is 24.8 Å². The van der Waals surface area contributed by atoms with Gasteiger partial charge in [0.05, 0.1) is 0 Å². The number of rotatable bonds is 0. The Morgan fingerprint density at radius 2 is 1.00 bits per heavy atom. The summed E-state index contributed by atoms with van der Waals surface area (Å²) in [5, 5.41) is 0. The summed E-state index contributed by atoms with van der Waals surface area (Å²) in [6.45, 7) is 0. The summed E-state index contributed by atoms with van der Waals surface area (Å²) in [5.41, 5.74) is 0. The van der Waals surface area contributed by atoms with E-state index in [1.165, 1.54) is 0 Å². The molecule has 0 aromatic carbocycles. The van der Waals surface area contributed by atoms with Crippen LogP contribution in [0.4, 0.5) is 0 Å². The van der Waals surface area contributed by atoms with Gasteiger partial charge in [-0.3, -0.25) is 0 Å². The maximum Gasteiger partial charge on any atom is -1.00 e. The average Bonchev–Trinajstić information content (AvgIpc) is 0.918. The van der Waals surface area contributed by atoms with E-state index in [0.717, 1.165) is 0 Å². The van der Waals surface area contributed by atoms with E-state index in [2.05, 4.69) is 9.05 Å². The molecule has 0 aliphatic heterocycles. The molecular formula is C2H4Cl2Sn. The minimum Gasteiger partial charge on any atom is -1.00 e. The standard InChI is InChI=1S/2CH2.2ClH.Sn/h2*1H2;2*1H;/q;;;;+2/p-2. The van der Waals surface area contributed by atoms with Crippen LogP contribution in [0.1, 0.15) is 0 Å². The molecule has 0 fully saturated rings. The maximum absolute atomic E-state index is 3.54. The molecule has 0 aliphatic carbocycles. The molecule has 0 atom stereocenters. The van der Waals surface area contributed by atoms with E-state index in [9.17, 15) is 0 Å². The Bertz CT molecular complexity index is 28.6. The van der Waals surface area contributed by atoms with Crippen LogP contribution in [-0.4, -0.2) is 29.2 Å². The van der Waals surface area contributed by atoms with Crippen LogP contribution in [0.3, 0.4) is 0 Å². The van der Waals surface area contributed by atoms with Crippen molar-refractivity contribution < 1.29 is 24.8 Å². The van der Waals surface area contributed by atoms with E-state index in [1.54, 1.807) is 0 Å². The Hall–Kier alpha value is 1.12. The zero-order valence-electron chi connectivity index (χ0n) is 2.67. The van der Waals surface area contributed by atoms with Gasteiger partial charge in [0, 0.05) is 0 Å². The van der Waals surface area contributed by atoms with Crippen LogP contribution in [0.2, 0.25) is 0 Å². The fraction of sp³-hybridized carbons (Fsp3) is 0. The Morgan fingerprint density at radius 3 is 1.00 bits per heavy atom. The van der Waals surface area contributed by atoms with Crippen molar-refractivity contribution in [3.63, 3.8) is 0 Å². The summed E-state index contributed by atoms with van der Waals surface area (Å²) >= 11 is -0.270. The molecule has 5 heavy (non-hydrogen) atoms. The number of hydrogen-bond acceptors (Lipinski definition) is 0. The summed E-state index contributed by atoms with van der Waals surface area (Å²) in [4.78, 5) is 0. The molecule has 30 valence electrons. The second-order valence-electron chi connectivity index (χ2n) is 0.250. The van der Waals surface area contributed by atoms with Gasteiger partial charge in [0.2, 0.25) is 0 Å². The first kappa shape index (κ1) is 16.5. The topological polar surface area (TPSA) is 0 Å². The molecule has 0 heterocycles. The summed E-state index contributed by atoms with van der Waals surface area (Å²) in [7, 11) is 0. The smallest absolute Gasteiger partial charge is 1.00 e. The van der Waals surface area contributed by atoms with Crippen molar-refractivity contribution in [2.75, 3.05) is 0 Å². The van der Waals surface area contributed by atoms with Gasteiger partial charge in [0.1, 0.15) is 0 Å². The van der Waals surface area contributed by atoms with Crippen molar-refractivity contribution in [1.29, 1.82) is 0 Å². The van der Waals surface area contributed by atoms with Crippen LogP contribution in [0.25, 0.3) is 0 Å². The zero-order chi connectivity index (χ0) is 2.71. The van der Waals surface area contributed by atoms with E-state index < -0.39 is 0 Å². The predicted octanol–water partition coefficient (Wildman–Crippen LogP) is -6.44. The molecule has 3 heteroatoms. The first-order chi connectivity index (χ1) is 1.41. The third kappa shape index (κ3) is 39.8. The molecule has 0 nitrogen and oxygen atoms in total. The van der Waals surface area contributed by atoms with Crippen molar-refractivity contribution in [2.24, 2.45) is 0 Å². The van der Waals surface area contributed by atoms with Gasteiger partial charge >= 0.3 is 29.2 Å². The molecule has 0 rings (SSSR count). The quantitative estimate of drug-likeness (QED) is 0.354. The van der Waals surface area contributed by atoms with Crippen molar-refractivity contribution in [1.82, 2.24) is 0 Å². The molecule has 0 saturated heterocycles. The molecule has 0 saturated carbocycles. The SMILES string of the molecule is [CH2]=[Sn+2]=[CH2].[Cl-].[Cl-]. The molecule has 0 bridgehead atoms. The van der Waals surface area contributed by atoms with Crippen LogP contribution in [0.15, 0.2) is 0 Å². The van der Waals surface area contributed by atoms with Crippen molar-refractivity contribution >= 4 is 29.2 Å². The van der Waals surface area contributed by atoms with Gasteiger partial charge < -0.3 is 24.8 Å². The molecule has 0 unspecified atom stereocenters. The molecular weight excluding hydrogens is 214 g/mol. The first-order valence-corrected chi connectivity index (χ1v) is 4.74. The Labute approximate surface area is 54.0 Å². The fourth-order valence-electron chi connectivity index (χ4n) is 0. The second kappa shape index (κ2) is 19.3. The van der Waals surface area contributed by atoms with E-state index in [1.807, 2.05) is 0 Å². The fourth-order valence-corrected chi connectivity index (χ4v) is 0. The molecule has 0 aromatic heterocycles. The van der Waals surface area contributed by atoms with Gasteiger partial charge in [-0.2, -0.15) is 0 Å². The summed E-state index contributed by atoms with van der Waals surface area (Å²) < 4.78 is 7.09. The third-order valence-electron chi connectivity index (χ3n) is 0. The van der Waals surface area contributed by atoms with Crippen molar-refractivity contribution in [3.8, 4) is 0 Å². The van der Waals surface area contributed by atoms with Crippen LogP contribution in [-0.2, 0) is 0 Å². The molecule has 0 aliphatic rings. The largest absolute Gasteiger partial charge is 1.00 e. The molecule has 0 spiro atoms. The van der Waals surface area contributed by atoms with Crippen molar-refractivity contribution in [2.45, 2.75) is 0 Å². The Balaban J connectivity index is -0.0000000200. The van der Waals surface area contributed by atoms with E-state index in [0.29, 0.717) is 0 Å². The summed E-state index contributed by atoms with van der Waals surface area (Å²) in [5.74, 6) is 0. The second-order valence-corrected chi connectivity index (χ2v) is 1.68. The molecule has 0 amide bonds. The third-order valence-corrected chi connectivity index (χ3v) is 0. The predicted molar refractivity (Wildman–Crippen MR) is 20.0 cm³/mol. The molecule has 0 N–H and O–H groups in total. The normalized spacial score (nSPS) is 1.60. The van der Waals surface area contributed by atoms with Crippen molar-refractivity contribution in [3.05, 3.63) is 0 Å². The van der Waals surface area contributed by atoms with Gasteiger partial charge in [-0.1, -0.05) is 0 Å². The molecule has 0 aromatic rings. The molecule has 2 radical (unpaired) electrons. The maximum atomic E-state index is 3.54. The number of hydrogen-bond donors (Lipinski definition) is 0. The average molecular weight is 218 g/mol. The number of halogens is 2. The summed E-state index contributed by atoms with van der Waals surface area (Å²) in [6.07, 6.45) is 0. The van der Waals surface area contributed by atoms with Crippen LogP contribution >= 0.6 is 0 Å².